The predicted molar refractivity (Wildman–Crippen MR) is 62.4 cm³/mol. The summed E-state index contributed by atoms with van der Waals surface area (Å²) >= 11 is 0. The number of rotatable bonds is 3. The van der Waals surface area contributed by atoms with E-state index in [1.807, 2.05) is 0 Å². The topological polar surface area (TPSA) is 58.8 Å². The molecule has 0 aliphatic heterocycles. The molecule has 18 heavy (non-hydrogen) atoms. The molecule has 1 aromatic heterocycles. The molecule has 1 unspecified atom stereocenters. The van der Waals surface area contributed by atoms with Crippen LogP contribution in [0.3, 0.4) is 0 Å². The highest BCUT2D eigenvalue weighted by Gasteiger charge is 2.17. The molecule has 0 spiro atoms. The van der Waals surface area contributed by atoms with E-state index in [9.17, 15) is 9.65 Å². The van der Waals surface area contributed by atoms with Crippen LogP contribution in [-0.4, -0.2) is 17.3 Å². The van der Waals surface area contributed by atoms with Gasteiger partial charge in [-0.15, -0.1) is 0 Å². The maximum Gasteiger partial charge on any atom is 0.165 e. The van der Waals surface area contributed by atoms with E-state index in [0.717, 1.165) is 0 Å². The molecule has 0 radical (unpaired) electrons. The summed E-state index contributed by atoms with van der Waals surface area (Å²) in [6, 6.07) is 9.87. The predicted octanol–water partition coefficient (Wildman–Crippen LogP) is 2.28. The molecule has 0 N–H and O–H groups in total. The van der Waals surface area contributed by atoms with Gasteiger partial charge in [-0.3, -0.25) is 0 Å². The molecule has 1 atom stereocenters. The van der Waals surface area contributed by atoms with E-state index >= 15 is 0 Å². The number of hydrogen-bond acceptors (Lipinski definition) is 4. The molecular weight excluding hydrogens is 233 g/mol. The van der Waals surface area contributed by atoms with Crippen molar-refractivity contribution >= 4 is 0 Å². The number of aromatic nitrogens is 2. The van der Waals surface area contributed by atoms with E-state index in [1.54, 1.807) is 18.2 Å². The number of ether oxygens (including phenoxy) is 1. The smallest absolute Gasteiger partial charge is 0.165 e. The average molecular weight is 243 g/mol. The molecule has 1 aromatic carbocycles. The van der Waals surface area contributed by atoms with Gasteiger partial charge in [0.15, 0.2) is 11.6 Å². The molecule has 90 valence electrons. The third kappa shape index (κ3) is 2.28. The lowest BCUT2D eigenvalue weighted by Gasteiger charge is -2.09. The van der Waals surface area contributed by atoms with Crippen molar-refractivity contribution in [1.29, 1.82) is 5.26 Å². The largest absolute Gasteiger partial charge is 0.494 e. The van der Waals surface area contributed by atoms with Gasteiger partial charge in [0.25, 0.3) is 0 Å². The Kier molecular flexibility index (Phi) is 3.49. The maximum absolute atomic E-state index is 13.6. The van der Waals surface area contributed by atoms with Gasteiger partial charge in [0, 0.05) is 6.20 Å². The number of nitriles is 1. The Morgan fingerprint density at radius 3 is 2.78 bits per heavy atom. The van der Waals surface area contributed by atoms with Crippen molar-refractivity contribution in [3.05, 3.63) is 53.6 Å². The van der Waals surface area contributed by atoms with Gasteiger partial charge in [0.1, 0.15) is 5.92 Å². The molecule has 0 aliphatic carbocycles. The number of nitrogens with zero attached hydrogens (tertiary/aromatic N) is 3. The zero-order valence-corrected chi connectivity index (χ0v) is 9.67. The highest BCUT2D eigenvalue weighted by atomic mass is 19.1. The quantitative estimate of drug-likeness (QED) is 0.829. The molecule has 2 rings (SSSR count). The first kappa shape index (κ1) is 12.0. The van der Waals surface area contributed by atoms with Crippen molar-refractivity contribution in [1.82, 2.24) is 10.2 Å². The van der Waals surface area contributed by atoms with E-state index < -0.39 is 11.7 Å². The summed E-state index contributed by atoms with van der Waals surface area (Å²) in [5, 5.41) is 16.8. The Labute approximate surface area is 104 Å². The van der Waals surface area contributed by atoms with Gasteiger partial charge in [0.05, 0.1) is 18.9 Å². The SMILES string of the molecule is COc1ccc(C(C#N)c2cccnn2)cc1F. The van der Waals surface area contributed by atoms with Crippen molar-refractivity contribution in [3.8, 4) is 11.8 Å². The van der Waals surface area contributed by atoms with Crippen LogP contribution in [-0.2, 0) is 0 Å². The average Bonchev–Trinajstić information content (AvgIpc) is 2.41. The van der Waals surface area contributed by atoms with E-state index in [2.05, 4.69) is 16.3 Å². The van der Waals surface area contributed by atoms with Crippen molar-refractivity contribution < 1.29 is 9.13 Å². The number of halogens is 1. The molecule has 2 aromatic rings. The second-order valence-electron chi connectivity index (χ2n) is 3.60. The first-order valence-corrected chi connectivity index (χ1v) is 5.27. The summed E-state index contributed by atoms with van der Waals surface area (Å²) in [6.07, 6.45) is 1.52. The van der Waals surface area contributed by atoms with Crippen LogP contribution >= 0.6 is 0 Å². The van der Waals surface area contributed by atoms with E-state index in [1.165, 1.54) is 25.4 Å². The lowest BCUT2D eigenvalue weighted by atomic mass is 9.97. The van der Waals surface area contributed by atoms with Crippen LogP contribution in [0.5, 0.6) is 5.75 Å². The van der Waals surface area contributed by atoms with E-state index in [4.69, 9.17) is 4.74 Å². The van der Waals surface area contributed by atoms with E-state index in [-0.39, 0.29) is 5.75 Å². The minimum atomic E-state index is -0.640. The van der Waals surface area contributed by atoms with Crippen molar-refractivity contribution in [2.24, 2.45) is 0 Å². The second-order valence-corrected chi connectivity index (χ2v) is 3.60. The van der Waals surface area contributed by atoms with Crippen molar-refractivity contribution in [2.75, 3.05) is 7.11 Å². The molecule has 0 saturated heterocycles. The van der Waals surface area contributed by atoms with Crippen molar-refractivity contribution in [2.45, 2.75) is 5.92 Å². The van der Waals surface area contributed by atoms with Crippen LogP contribution in [0.25, 0.3) is 0 Å². The Bertz CT molecular complexity index is 581. The lowest BCUT2D eigenvalue weighted by Crippen LogP contribution is -2.03. The highest BCUT2D eigenvalue weighted by molar-refractivity contribution is 5.38. The molecule has 0 amide bonds. The fourth-order valence-corrected chi connectivity index (χ4v) is 1.64. The first-order chi connectivity index (χ1) is 8.76. The minimum Gasteiger partial charge on any atom is -0.494 e. The second kappa shape index (κ2) is 5.23. The fourth-order valence-electron chi connectivity index (χ4n) is 1.64. The summed E-state index contributed by atoms with van der Waals surface area (Å²) in [7, 11) is 1.39. The third-order valence-electron chi connectivity index (χ3n) is 2.53. The van der Waals surface area contributed by atoms with Crippen LogP contribution in [0.1, 0.15) is 17.2 Å². The highest BCUT2D eigenvalue weighted by Crippen LogP contribution is 2.26. The zero-order valence-electron chi connectivity index (χ0n) is 9.67. The first-order valence-electron chi connectivity index (χ1n) is 5.27. The summed E-state index contributed by atoms with van der Waals surface area (Å²) in [5.41, 5.74) is 1.01. The van der Waals surface area contributed by atoms with Gasteiger partial charge in [-0.2, -0.15) is 15.5 Å². The lowest BCUT2D eigenvalue weighted by molar-refractivity contribution is 0.386. The molecule has 5 heteroatoms. The Morgan fingerprint density at radius 2 is 2.22 bits per heavy atom. The zero-order chi connectivity index (χ0) is 13.0. The van der Waals surface area contributed by atoms with Crippen LogP contribution in [0.2, 0.25) is 0 Å². The van der Waals surface area contributed by atoms with Gasteiger partial charge in [0.2, 0.25) is 0 Å². The van der Waals surface area contributed by atoms with Gasteiger partial charge >= 0.3 is 0 Å². The summed E-state index contributed by atoms with van der Waals surface area (Å²) in [5.74, 6) is -0.993. The molecule has 1 heterocycles. The Morgan fingerprint density at radius 1 is 1.39 bits per heavy atom. The molecule has 0 bridgehead atoms. The van der Waals surface area contributed by atoms with E-state index in [0.29, 0.717) is 11.3 Å². The normalized spacial score (nSPS) is 11.6. The van der Waals surface area contributed by atoms with Crippen LogP contribution in [0, 0.1) is 17.1 Å². The molecule has 4 nitrogen and oxygen atoms in total. The molecule has 0 saturated carbocycles. The molecule has 0 aliphatic rings. The minimum absolute atomic E-state index is 0.148. The number of hydrogen-bond donors (Lipinski definition) is 0. The number of methoxy groups -OCH3 is 1. The molecule has 0 fully saturated rings. The number of benzene rings is 1. The standard InChI is InChI=1S/C13H10FN3O/c1-18-13-5-4-9(7-11(13)14)10(8-15)12-3-2-6-16-17-12/h2-7,10H,1H3. The third-order valence-corrected chi connectivity index (χ3v) is 2.53. The summed E-state index contributed by atoms with van der Waals surface area (Å²) in [6.45, 7) is 0. The van der Waals surface area contributed by atoms with Crippen LogP contribution in [0.4, 0.5) is 4.39 Å². The van der Waals surface area contributed by atoms with Crippen LogP contribution < -0.4 is 4.74 Å². The van der Waals surface area contributed by atoms with Crippen molar-refractivity contribution in [3.63, 3.8) is 0 Å². The maximum atomic E-state index is 13.6. The Hall–Kier alpha value is -2.48. The van der Waals surface area contributed by atoms with Crippen LogP contribution in [0.15, 0.2) is 36.5 Å². The Balaban J connectivity index is 2.41. The molecular formula is C13H10FN3O. The fraction of sp³-hybridized carbons (Fsp3) is 0.154. The van der Waals surface area contributed by atoms with Gasteiger partial charge in [-0.05, 0) is 29.8 Å². The summed E-state index contributed by atoms with van der Waals surface area (Å²) in [4.78, 5) is 0. The van der Waals surface area contributed by atoms with Gasteiger partial charge in [-0.1, -0.05) is 6.07 Å². The van der Waals surface area contributed by atoms with Gasteiger partial charge in [-0.25, -0.2) is 4.39 Å². The monoisotopic (exact) mass is 243 g/mol. The summed E-state index contributed by atoms with van der Waals surface area (Å²) < 4.78 is 18.4. The van der Waals surface area contributed by atoms with Gasteiger partial charge < -0.3 is 4.74 Å².